The summed E-state index contributed by atoms with van der Waals surface area (Å²) in [7, 11) is 0. The van der Waals surface area contributed by atoms with Gasteiger partial charge in [-0.1, -0.05) is 72.8 Å². The fourth-order valence-electron chi connectivity index (χ4n) is 3.78. The van der Waals surface area contributed by atoms with Gasteiger partial charge in [0.15, 0.2) is 0 Å². The Bertz CT molecular complexity index is 1110. The van der Waals surface area contributed by atoms with Crippen LogP contribution in [-0.4, -0.2) is 28.2 Å². The number of hydrogen-bond donors (Lipinski definition) is 1. The Morgan fingerprint density at radius 3 is 2.23 bits per heavy atom. The van der Waals surface area contributed by atoms with Gasteiger partial charge < -0.3 is 10.0 Å². The van der Waals surface area contributed by atoms with Gasteiger partial charge in [0.25, 0.3) is 11.7 Å². The highest BCUT2D eigenvalue weighted by Crippen LogP contribution is 2.39. The predicted molar refractivity (Wildman–Crippen MR) is 112 cm³/mol. The van der Waals surface area contributed by atoms with Crippen molar-refractivity contribution in [2.75, 3.05) is 6.54 Å². The van der Waals surface area contributed by atoms with Gasteiger partial charge in [0, 0.05) is 12.1 Å². The molecule has 0 bridgehead atoms. The Morgan fingerprint density at radius 2 is 1.57 bits per heavy atom. The lowest BCUT2D eigenvalue weighted by Gasteiger charge is -2.25. The summed E-state index contributed by atoms with van der Waals surface area (Å²) in [5, 5.41) is 10.9. The minimum absolute atomic E-state index is 0.0233. The number of carbonyl (C=O) groups excluding carboxylic acids is 2. The van der Waals surface area contributed by atoms with Gasteiger partial charge in [-0.2, -0.15) is 0 Å². The molecule has 1 atom stereocenters. The van der Waals surface area contributed by atoms with E-state index in [1.54, 1.807) is 36.4 Å². The molecule has 1 aliphatic rings. The van der Waals surface area contributed by atoms with Gasteiger partial charge in [0.1, 0.15) is 11.6 Å². The maximum Gasteiger partial charge on any atom is 0.295 e. The van der Waals surface area contributed by atoms with Gasteiger partial charge in [0.2, 0.25) is 0 Å². The zero-order valence-electron chi connectivity index (χ0n) is 16.2. The van der Waals surface area contributed by atoms with Crippen LogP contribution in [-0.2, 0) is 16.0 Å². The normalized spacial score (nSPS) is 18.0. The number of halogens is 1. The molecule has 1 amide bonds. The summed E-state index contributed by atoms with van der Waals surface area (Å²) in [4.78, 5) is 27.2. The van der Waals surface area contributed by atoms with Crippen molar-refractivity contribution in [3.63, 3.8) is 0 Å². The Labute approximate surface area is 173 Å². The Kier molecular flexibility index (Phi) is 5.44. The highest BCUT2D eigenvalue weighted by molar-refractivity contribution is 6.46. The molecule has 30 heavy (non-hydrogen) atoms. The number of nitrogens with zero attached hydrogens (tertiary/aromatic N) is 1. The first-order valence-corrected chi connectivity index (χ1v) is 9.69. The average Bonchev–Trinajstić information content (AvgIpc) is 3.03. The third kappa shape index (κ3) is 3.74. The van der Waals surface area contributed by atoms with E-state index in [9.17, 15) is 19.1 Å². The molecule has 0 spiro atoms. The molecule has 4 rings (SSSR count). The van der Waals surface area contributed by atoms with Gasteiger partial charge in [-0.15, -0.1) is 0 Å². The first-order chi connectivity index (χ1) is 14.6. The molecule has 1 saturated heterocycles. The van der Waals surface area contributed by atoms with Gasteiger partial charge in [-0.3, -0.25) is 9.59 Å². The molecule has 0 aliphatic carbocycles. The van der Waals surface area contributed by atoms with E-state index in [1.807, 2.05) is 30.3 Å². The van der Waals surface area contributed by atoms with Crippen LogP contribution in [0.4, 0.5) is 4.39 Å². The Balaban J connectivity index is 1.79. The molecule has 1 aliphatic heterocycles. The third-order valence-corrected chi connectivity index (χ3v) is 5.24. The zero-order valence-corrected chi connectivity index (χ0v) is 16.2. The molecule has 1 fully saturated rings. The highest BCUT2D eigenvalue weighted by Gasteiger charge is 2.45. The van der Waals surface area contributed by atoms with Crippen LogP contribution < -0.4 is 0 Å². The van der Waals surface area contributed by atoms with E-state index < -0.39 is 23.5 Å². The number of Topliss-reactive ketones (excluding diaryl/α,β-unsaturated/α-hetero) is 1. The third-order valence-electron chi connectivity index (χ3n) is 5.24. The lowest BCUT2D eigenvalue weighted by Crippen LogP contribution is -2.31. The van der Waals surface area contributed by atoms with Crippen LogP contribution in [0.5, 0.6) is 0 Å². The molecule has 4 nitrogen and oxygen atoms in total. The summed E-state index contributed by atoms with van der Waals surface area (Å²) in [6, 6.07) is 23.1. The topological polar surface area (TPSA) is 57.6 Å². The smallest absolute Gasteiger partial charge is 0.295 e. The second kappa shape index (κ2) is 8.33. The first kappa shape index (κ1) is 19.6. The molecule has 3 aromatic rings. The highest BCUT2D eigenvalue weighted by atomic mass is 19.1. The number of carbonyl (C=O) groups is 2. The number of benzene rings is 3. The fraction of sp³-hybridized carbons (Fsp3) is 0.120. The predicted octanol–water partition coefficient (Wildman–Crippen LogP) is 4.49. The summed E-state index contributed by atoms with van der Waals surface area (Å²) in [5.74, 6) is -2.19. The second-order valence-corrected chi connectivity index (χ2v) is 7.15. The van der Waals surface area contributed by atoms with Crippen molar-refractivity contribution in [2.24, 2.45) is 0 Å². The van der Waals surface area contributed by atoms with Crippen molar-refractivity contribution in [3.8, 4) is 0 Å². The molecule has 150 valence electrons. The van der Waals surface area contributed by atoms with Crippen molar-refractivity contribution in [1.29, 1.82) is 0 Å². The number of likely N-dealkylation sites (tertiary alicyclic amines) is 1. The van der Waals surface area contributed by atoms with E-state index in [1.165, 1.54) is 23.1 Å². The minimum atomic E-state index is -0.857. The number of ketones is 1. The lowest BCUT2D eigenvalue weighted by atomic mass is 9.95. The summed E-state index contributed by atoms with van der Waals surface area (Å²) >= 11 is 0. The van der Waals surface area contributed by atoms with Crippen LogP contribution in [0, 0.1) is 5.82 Å². The van der Waals surface area contributed by atoms with Gasteiger partial charge in [-0.05, 0) is 29.7 Å². The monoisotopic (exact) mass is 401 g/mol. The van der Waals surface area contributed by atoms with Crippen molar-refractivity contribution in [3.05, 3.63) is 113 Å². The molecule has 1 N–H and O–H groups in total. The summed E-state index contributed by atoms with van der Waals surface area (Å²) in [6.45, 7) is 0.265. The van der Waals surface area contributed by atoms with Gasteiger partial charge in [-0.25, -0.2) is 4.39 Å². The summed E-state index contributed by atoms with van der Waals surface area (Å²) < 4.78 is 14.0. The Morgan fingerprint density at radius 1 is 0.900 bits per heavy atom. The van der Waals surface area contributed by atoms with E-state index in [-0.39, 0.29) is 17.9 Å². The van der Waals surface area contributed by atoms with Crippen molar-refractivity contribution < 1.29 is 19.1 Å². The summed E-state index contributed by atoms with van der Waals surface area (Å²) in [5.41, 5.74) is 1.87. The molecular weight excluding hydrogens is 381 g/mol. The van der Waals surface area contributed by atoms with Crippen LogP contribution in [0.15, 0.2) is 90.5 Å². The number of aliphatic hydroxyl groups is 1. The summed E-state index contributed by atoms with van der Waals surface area (Å²) in [6.07, 6.45) is 0.533. The second-order valence-electron chi connectivity index (χ2n) is 7.15. The Hall–Kier alpha value is -3.73. The average molecular weight is 401 g/mol. The maximum atomic E-state index is 14.0. The van der Waals surface area contributed by atoms with Crippen molar-refractivity contribution in [1.82, 2.24) is 4.90 Å². The van der Waals surface area contributed by atoms with Gasteiger partial charge in [0.05, 0.1) is 11.6 Å². The van der Waals surface area contributed by atoms with Crippen LogP contribution in [0.1, 0.15) is 22.7 Å². The molecule has 0 radical (unpaired) electrons. The number of aliphatic hydroxyl groups excluding tert-OH is 1. The van der Waals surface area contributed by atoms with Crippen LogP contribution in [0.25, 0.3) is 5.76 Å². The maximum absolute atomic E-state index is 14.0. The van der Waals surface area contributed by atoms with Crippen LogP contribution in [0.2, 0.25) is 0 Å². The van der Waals surface area contributed by atoms with Crippen LogP contribution >= 0.6 is 0 Å². The van der Waals surface area contributed by atoms with E-state index >= 15 is 0 Å². The van der Waals surface area contributed by atoms with E-state index in [0.29, 0.717) is 17.5 Å². The number of amides is 1. The van der Waals surface area contributed by atoms with Crippen LogP contribution in [0.3, 0.4) is 0 Å². The molecular formula is C25H20FNO3. The minimum Gasteiger partial charge on any atom is -0.507 e. The molecule has 5 heteroatoms. The van der Waals surface area contributed by atoms with Gasteiger partial charge >= 0.3 is 0 Å². The largest absolute Gasteiger partial charge is 0.507 e. The van der Waals surface area contributed by atoms with Crippen molar-refractivity contribution in [2.45, 2.75) is 12.5 Å². The SMILES string of the molecule is O=C1C(=O)N(CCc2ccccc2)[C@H](c2cccc(F)c2)C1=C(O)c1ccccc1. The molecule has 0 unspecified atom stereocenters. The fourth-order valence-corrected chi connectivity index (χ4v) is 3.78. The van der Waals surface area contributed by atoms with Crippen molar-refractivity contribution >= 4 is 17.4 Å². The standard InChI is InChI=1S/C25H20FNO3/c26-20-13-7-12-19(16-20)22-21(23(28)18-10-5-2-6-11-18)24(29)25(30)27(22)15-14-17-8-3-1-4-9-17/h1-13,16,22,28H,14-15H2/t22-/m1/s1. The molecule has 0 saturated carbocycles. The lowest BCUT2D eigenvalue weighted by molar-refractivity contribution is -0.139. The van der Waals surface area contributed by atoms with E-state index in [0.717, 1.165) is 5.56 Å². The molecule has 3 aromatic carbocycles. The quantitative estimate of drug-likeness (QED) is 0.389. The van der Waals surface area contributed by atoms with E-state index in [4.69, 9.17) is 0 Å². The van der Waals surface area contributed by atoms with E-state index in [2.05, 4.69) is 0 Å². The molecule has 1 heterocycles. The number of hydrogen-bond acceptors (Lipinski definition) is 3. The number of rotatable bonds is 5. The first-order valence-electron chi connectivity index (χ1n) is 9.69. The zero-order chi connectivity index (χ0) is 21.1. The molecule has 0 aromatic heterocycles.